The monoisotopic (exact) mass is 224 g/mol. The van der Waals surface area contributed by atoms with Crippen LogP contribution in [0.25, 0.3) is 0 Å². The molecule has 2 aromatic rings. The van der Waals surface area contributed by atoms with E-state index >= 15 is 0 Å². The molecule has 0 fully saturated rings. The van der Waals surface area contributed by atoms with Crippen LogP contribution in [-0.4, -0.2) is 5.11 Å². The first kappa shape index (κ1) is 11.3. The number of ether oxygens (including phenoxy) is 1. The Hall–Kier alpha value is -2.24. The SMILES string of the molecule is C#CC(O)c1cccc(Oc2ccccc2)c1. The third kappa shape index (κ3) is 2.87. The molecule has 84 valence electrons. The van der Waals surface area contributed by atoms with Crippen LogP contribution in [0.3, 0.4) is 0 Å². The van der Waals surface area contributed by atoms with Crippen molar-refractivity contribution in [3.63, 3.8) is 0 Å². The van der Waals surface area contributed by atoms with Crippen LogP contribution in [0.1, 0.15) is 11.7 Å². The second-order valence-corrected chi connectivity index (χ2v) is 3.56. The lowest BCUT2D eigenvalue weighted by Gasteiger charge is -2.08. The standard InChI is InChI=1S/C15H12O2/c1-2-15(16)12-7-6-10-14(11-12)17-13-8-4-3-5-9-13/h1,3-11,15-16H. The van der Waals surface area contributed by atoms with E-state index in [1.165, 1.54) is 0 Å². The average molecular weight is 224 g/mol. The highest BCUT2D eigenvalue weighted by Crippen LogP contribution is 2.24. The van der Waals surface area contributed by atoms with Gasteiger partial charge in [0, 0.05) is 0 Å². The van der Waals surface area contributed by atoms with Crippen molar-refractivity contribution < 1.29 is 9.84 Å². The molecule has 1 N–H and O–H groups in total. The average Bonchev–Trinajstić information content (AvgIpc) is 2.39. The van der Waals surface area contributed by atoms with Gasteiger partial charge in [-0.3, -0.25) is 0 Å². The van der Waals surface area contributed by atoms with E-state index < -0.39 is 6.10 Å². The van der Waals surface area contributed by atoms with Gasteiger partial charge in [0.05, 0.1) is 0 Å². The van der Waals surface area contributed by atoms with Gasteiger partial charge in [-0.15, -0.1) is 6.42 Å². The smallest absolute Gasteiger partial charge is 0.140 e. The summed E-state index contributed by atoms with van der Waals surface area (Å²) < 4.78 is 5.63. The van der Waals surface area contributed by atoms with Gasteiger partial charge in [0.2, 0.25) is 0 Å². The Labute approximate surface area is 100 Å². The fourth-order valence-electron chi connectivity index (χ4n) is 1.47. The maximum absolute atomic E-state index is 9.53. The topological polar surface area (TPSA) is 29.5 Å². The zero-order valence-electron chi connectivity index (χ0n) is 9.21. The maximum Gasteiger partial charge on any atom is 0.140 e. The van der Waals surface area contributed by atoms with E-state index in [2.05, 4.69) is 5.92 Å². The number of hydrogen-bond donors (Lipinski definition) is 1. The number of aliphatic hydroxyl groups excluding tert-OH is 1. The molecule has 0 spiro atoms. The fraction of sp³-hybridized carbons (Fsp3) is 0.0667. The third-order valence-electron chi connectivity index (χ3n) is 2.31. The first-order valence-corrected chi connectivity index (χ1v) is 5.26. The van der Waals surface area contributed by atoms with E-state index in [4.69, 9.17) is 11.2 Å². The lowest BCUT2D eigenvalue weighted by Crippen LogP contribution is -1.93. The summed E-state index contributed by atoms with van der Waals surface area (Å²) in [6, 6.07) is 16.6. The molecule has 2 nitrogen and oxygen atoms in total. The largest absolute Gasteiger partial charge is 0.457 e. The molecule has 0 aliphatic carbocycles. The van der Waals surface area contributed by atoms with Crippen molar-refractivity contribution in [3.05, 3.63) is 60.2 Å². The van der Waals surface area contributed by atoms with Gasteiger partial charge in [-0.1, -0.05) is 36.3 Å². The Balaban J connectivity index is 2.20. The molecule has 1 atom stereocenters. The van der Waals surface area contributed by atoms with Gasteiger partial charge in [0.15, 0.2) is 0 Å². The molecule has 0 bridgehead atoms. The van der Waals surface area contributed by atoms with Crippen LogP contribution in [-0.2, 0) is 0 Å². The second kappa shape index (κ2) is 5.20. The number of aliphatic hydroxyl groups is 1. The number of rotatable bonds is 3. The zero-order valence-corrected chi connectivity index (χ0v) is 9.21. The Morgan fingerprint density at radius 1 is 1.00 bits per heavy atom. The highest BCUT2D eigenvalue weighted by atomic mass is 16.5. The number of para-hydroxylation sites is 1. The normalized spacial score (nSPS) is 11.5. The van der Waals surface area contributed by atoms with Gasteiger partial charge in [0.1, 0.15) is 17.6 Å². The van der Waals surface area contributed by atoms with E-state index in [-0.39, 0.29) is 0 Å². The van der Waals surface area contributed by atoms with Gasteiger partial charge < -0.3 is 9.84 Å². The third-order valence-corrected chi connectivity index (χ3v) is 2.31. The fourth-order valence-corrected chi connectivity index (χ4v) is 1.47. The van der Waals surface area contributed by atoms with Crippen LogP contribution in [0.2, 0.25) is 0 Å². The zero-order chi connectivity index (χ0) is 12.1. The highest BCUT2D eigenvalue weighted by molar-refractivity contribution is 5.36. The van der Waals surface area contributed by atoms with E-state index in [1.807, 2.05) is 36.4 Å². The maximum atomic E-state index is 9.53. The molecule has 0 amide bonds. The first-order valence-electron chi connectivity index (χ1n) is 5.26. The minimum absolute atomic E-state index is 0.654. The summed E-state index contributed by atoms with van der Waals surface area (Å²) in [5, 5.41) is 9.53. The molecule has 0 radical (unpaired) electrons. The van der Waals surface area contributed by atoms with Crippen molar-refractivity contribution in [1.82, 2.24) is 0 Å². The Bertz CT molecular complexity index is 526. The van der Waals surface area contributed by atoms with E-state index in [0.29, 0.717) is 11.3 Å². The predicted molar refractivity (Wildman–Crippen MR) is 66.8 cm³/mol. The van der Waals surface area contributed by atoms with Crippen LogP contribution in [0.4, 0.5) is 0 Å². The molecule has 0 saturated heterocycles. The molecule has 17 heavy (non-hydrogen) atoms. The molecule has 1 unspecified atom stereocenters. The number of benzene rings is 2. The molecule has 2 rings (SSSR count). The van der Waals surface area contributed by atoms with Gasteiger partial charge in [-0.05, 0) is 29.8 Å². The lowest BCUT2D eigenvalue weighted by molar-refractivity contribution is 0.238. The summed E-state index contributed by atoms with van der Waals surface area (Å²) in [5.41, 5.74) is 0.654. The summed E-state index contributed by atoms with van der Waals surface area (Å²) >= 11 is 0. The highest BCUT2D eigenvalue weighted by Gasteiger charge is 2.04. The molecule has 0 aliphatic heterocycles. The Morgan fingerprint density at radius 3 is 2.41 bits per heavy atom. The molecule has 0 aromatic heterocycles. The van der Waals surface area contributed by atoms with E-state index in [0.717, 1.165) is 5.75 Å². The van der Waals surface area contributed by atoms with Crippen LogP contribution < -0.4 is 4.74 Å². The minimum atomic E-state index is -0.894. The van der Waals surface area contributed by atoms with Crippen LogP contribution >= 0.6 is 0 Å². The quantitative estimate of drug-likeness (QED) is 0.811. The summed E-state index contributed by atoms with van der Waals surface area (Å²) in [6.07, 6.45) is 4.27. The summed E-state index contributed by atoms with van der Waals surface area (Å²) in [4.78, 5) is 0. The number of hydrogen-bond acceptors (Lipinski definition) is 2. The van der Waals surface area contributed by atoms with Gasteiger partial charge in [-0.25, -0.2) is 0 Å². The van der Waals surface area contributed by atoms with Crippen molar-refractivity contribution in [2.45, 2.75) is 6.10 Å². The van der Waals surface area contributed by atoms with Gasteiger partial charge in [-0.2, -0.15) is 0 Å². The Morgan fingerprint density at radius 2 is 1.71 bits per heavy atom. The van der Waals surface area contributed by atoms with Crippen LogP contribution in [0, 0.1) is 12.3 Å². The van der Waals surface area contributed by atoms with Crippen LogP contribution in [0.5, 0.6) is 11.5 Å². The van der Waals surface area contributed by atoms with Gasteiger partial charge in [0.25, 0.3) is 0 Å². The van der Waals surface area contributed by atoms with Crippen molar-refractivity contribution >= 4 is 0 Å². The van der Waals surface area contributed by atoms with Crippen molar-refractivity contribution in [3.8, 4) is 23.8 Å². The number of terminal acetylenes is 1. The Kier molecular flexibility index (Phi) is 3.44. The molecular weight excluding hydrogens is 212 g/mol. The summed E-state index contributed by atoms with van der Waals surface area (Å²) in [5.74, 6) is 3.68. The van der Waals surface area contributed by atoms with Crippen molar-refractivity contribution in [2.24, 2.45) is 0 Å². The van der Waals surface area contributed by atoms with E-state index in [9.17, 15) is 5.11 Å². The van der Waals surface area contributed by atoms with Crippen molar-refractivity contribution in [2.75, 3.05) is 0 Å². The molecule has 0 heterocycles. The molecule has 0 aliphatic rings. The molecule has 2 aromatic carbocycles. The minimum Gasteiger partial charge on any atom is -0.457 e. The summed E-state index contributed by atoms with van der Waals surface area (Å²) in [6.45, 7) is 0. The second-order valence-electron chi connectivity index (χ2n) is 3.56. The first-order chi connectivity index (χ1) is 8.29. The summed E-state index contributed by atoms with van der Waals surface area (Å²) in [7, 11) is 0. The van der Waals surface area contributed by atoms with E-state index in [1.54, 1.807) is 18.2 Å². The van der Waals surface area contributed by atoms with Gasteiger partial charge >= 0.3 is 0 Å². The lowest BCUT2D eigenvalue weighted by atomic mass is 10.1. The van der Waals surface area contributed by atoms with Crippen LogP contribution in [0.15, 0.2) is 54.6 Å². The molecule has 0 saturated carbocycles. The predicted octanol–water partition coefficient (Wildman–Crippen LogP) is 3.15. The molecule has 2 heteroatoms. The molecular formula is C15H12O2. The van der Waals surface area contributed by atoms with Crippen molar-refractivity contribution in [1.29, 1.82) is 0 Å².